The van der Waals surface area contributed by atoms with Gasteiger partial charge < -0.3 is 16.4 Å². The molecule has 0 saturated heterocycles. The van der Waals surface area contributed by atoms with Gasteiger partial charge in [0.1, 0.15) is 12.0 Å². The van der Waals surface area contributed by atoms with E-state index >= 15 is 0 Å². The first kappa shape index (κ1) is 17.1. The van der Waals surface area contributed by atoms with Crippen LogP contribution in [0.25, 0.3) is 0 Å². The summed E-state index contributed by atoms with van der Waals surface area (Å²) in [6.07, 6.45) is 8.88. The van der Waals surface area contributed by atoms with Crippen molar-refractivity contribution in [2.45, 2.75) is 44.6 Å². The van der Waals surface area contributed by atoms with Crippen molar-refractivity contribution in [3.8, 4) is 0 Å². The minimum absolute atomic E-state index is 0.410. The van der Waals surface area contributed by atoms with Crippen LogP contribution in [0.15, 0.2) is 24.5 Å². The number of rotatable bonds is 4. The maximum absolute atomic E-state index is 6.25. The molecule has 0 amide bonds. The molecule has 1 aliphatic carbocycles. The molecule has 2 aromatic rings. The Morgan fingerprint density at radius 1 is 1.00 bits per heavy atom. The SMILES string of the molecule is Nc1c(Nc2cccc(Cl)c2Cl)ncnc1NC1CCCCCC1. The minimum atomic E-state index is 0.410. The zero-order chi connectivity index (χ0) is 16.9. The number of anilines is 4. The summed E-state index contributed by atoms with van der Waals surface area (Å²) in [5.74, 6) is 1.18. The number of halogens is 2. The third kappa shape index (κ3) is 4.02. The molecule has 0 aliphatic heterocycles. The van der Waals surface area contributed by atoms with Crippen molar-refractivity contribution in [3.05, 3.63) is 34.6 Å². The zero-order valence-corrected chi connectivity index (χ0v) is 14.9. The lowest BCUT2D eigenvalue weighted by Gasteiger charge is -2.19. The molecule has 4 N–H and O–H groups in total. The Morgan fingerprint density at radius 2 is 1.71 bits per heavy atom. The summed E-state index contributed by atoms with van der Waals surface area (Å²) in [6, 6.07) is 5.79. The molecule has 128 valence electrons. The highest BCUT2D eigenvalue weighted by molar-refractivity contribution is 6.43. The quantitative estimate of drug-likeness (QED) is 0.645. The maximum atomic E-state index is 6.25. The predicted molar refractivity (Wildman–Crippen MR) is 101 cm³/mol. The van der Waals surface area contributed by atoms with E-state index in [0.717, 1.165) is 12.8 Å². The summed E-state index contributed by atoms with van der Waals surface area (Å²) < 4.78 is 0. The van der Waals surface area contributed by atoms with Crippen LogP contribution in [-0.2, 0) is 0 Å². The summed E-state index contributed by atoms with van der Waals surface area (Å²) in [4.78, 5) is 8.53. The van der Waals surface area contributed by atoms with E-state index in [0.29, 0.717) is 39.1 Å². The van der Waals surface area contributed by atoms with Gasteiger partial charge in [-0.1, -0.05) is 55.0 Å². The van der Waals surface area contributed by atoms with Gasteiger partial charge in [-0.05, 0) is 25.0 Å². The van der Waals surface area contributed by atoms with Crippen LogP contribution in [0, 0.1) is 0 Å². The first-order valence-electron chi connectivity index (χ1n) is 8.23. The Bertz CT molecular complexity index is 699. The number of hydrogen-bond acceptors (Lipinski definition) is 5. The average molecular weight is 366 g/mol. The Kier molecular flexibility index (Phi) is 5.63. The van der Waals surface area contributed by atoms with Crippen LogP contribution in [0.2, 0.25) is 10.0 Å². The molecule has 1 aliphatic rings. The summed E-state index contributed by atoms with van der Waals surface area (Å²) in [5.41, 5.74) is 7.40. The van der Waals surface area contributed by atoms with Crippen LogP contribution in [0.3, 0.4) is 0 Å². The van der Waals surface area contributed by atoms with Gasteiger partial charge >= 0.3 is 0 Å². The standard InChI is InChI=1S/C17H21Cl2N5/c18-12-8-5-9-13(14(12)19)24-17-15(20)16(21-10-22-17)23-11-6-3-1-2-4-7-11/h5,8-11H,1-4,6-7,20H2,(H2,21,22,23,24). The molecular formula is C17H21Cl2N5. The van der Waals surface area contributed by atoms with Crippen molar-refractivity contribution >= 4 is 46.2 Å². The topological polar surface area (TPSA) is 75.9 Å². The van der Waals surface area contributed by atoms with Crippen molar-refractivity contribution in [3.63, 3.8) is 0 Å². The summed E-state index contributed by atoms with van der Waals surface area (Å²) in [6.45, 7) is 0. The highest BCUT2D eigenvalue weighted by Gasteiger charge is 2.16. The molecule has 7 heteroatoms. The molecule has 0 spiro atoms. The van der Waals surface area contributed by atoms with E-state index in [9.17, 15) is 0 Å². The third-order valence-corrected chi connectivity index (χ3v) is 5.10. The van der Waals surface area contributed by atoms with E-state index < -0.39 is 0 Å². The van der Waals surface area contributed by atoms with E-state index in [4.69, 9.17) is 28.9 Å². The van der Waals surface area contributed by atoms with Gasteiger partial charge in [0.25, 0.3) is 0 Å². The maximum Gasteiger partial charge on any atom is 0.159 e. The molecule has 0 bridgehead atoms. The molecule has 1 aromatic heterocycles. The number of nitrogens with one attached hydrogen (secondary N) is 2. The van der Waals surface area contributed by atoms with E-state index in [-0.39, 0.29) is 0 Å². The van der Waals surface area contributed by atoms with Crippen molar-refractivity contribution in [2.75, 3.05) is 16.4 Å². The molecule has 3 rings (SSSR count). The van der Waals surface area contributed by atoms with Crippen LogP contribution < -0.4 is 16.4 Å². The third-order valence-electron chi connectivity index (χ3n) is 4.28. The second kappa shape index (κ2) is 7.90. The molecule has 0 radical (unpaired) electrons. The summed E-state index contributed by atoms with van der Waals surface area (Å²) >= 11 is 12.3. The van der Waals surface area contributed by atoms with Crippen molar-refractivity contribution in [1.29, 1.82) is 0 Å². The van der Waals surface area contributed by atoms with Gasteiger partial charge in [0.15, 0.2) is 11.6 Å². The van der Waals surface area contributed by atoms with Crippen LogP contribution in [0.4, 0.5) is 23.0 Å². The van der Waals surface area contributed by atoms with Gasteiger partial charge in [-0.3, -0.25) is 0 Å². The highest BCUT2D eigenvalue weighted by Crippen LogP contribution is 2.34. The van der Waals surface area contributed by atoms with Gasteiger partial charge in [0, 0.05) is 6.04 Å². The fourth-order valence-corrected chi connectivity index (χ4v) is 3.30. The fraction of sp³-hybridized carbons (Fsp3) is 0.412. The van der Waals surface area contributed by atoms with Crippen LogP contribution >= 0.6 is 23.2 Å². The van der Waals surface area contributed by atoms with Crippen molar-refractivity contribution in [2.24, 2.45) is 0 Å². The number of hydrogen-bond donors (Lipinski definition) is 3. The number of nitrogen functional groups attached to an aromatic ring is 1. The lowest BCUT2D eigenvalue weighted by Crippen LogP contribution is -2.20. The number of aromatic nitrogens is 2. The summed E-state index contributed by atoms with van der Waals surface area (Å²) in [5, 5.41) is 7.52. The van der Waals surface area contributed by atoms with Gasteiger partial charge in [-0.15, -0.1) is 0 Å². The zero-order valence-electron chi connectivity index (χ0n) is 13.4. The van der Waals surface area contributed by atoms with E-state index in [1.165, 1.54) is 32.0 Å². The molecule has 0 unspecified atom stereocenters. The molecule has 24 heavy (non-hydrogen) atoms. The van der Waals surface area contributed by atoms with Crippen molar-refractivity contribution in [1.82, 2.24) is 9.97 Å². The average Bonchev–Trinajstić information content (AvgIpc) is 2.84. The van der Waals surface area contributed by atoms with Gasteiger partial charge in [0.05, 0.1) is 15.7 Å². The largest absolute Gasteiger partial charge is 0.393 e. The van der Waals surface area contributed by atoms with E-state index in [1.807, 2.05) is 12.1 Å². The first-order chi connectivity index (χ1) is 11.6. The molecule has 1 fully saturated rings. The van der Waals surface area contributed by atoms with Gasteiger partial charge in [0.2, 0.25) is 0 Å². The molecule has 1 heterocycles. The normalized spacial score (nSPS) is 15.8. The molecule has 1 aromatic carbocycles. The van der Waals surface area contributed by atoms with E-state index in [1.54, 1.807) is 6.07 Å². The Hall–Kier alpha value is -1.72. The first-order valence-corrected chi connectivity index (χ1v) is 8.99. The second-order valence-electron chi connectivity index (χ2n) is 6.04. The van der Waals surface area contributed by atoms with Crippen LogP contribution in [-0.4, -0.2) is 16.0 Å². The molecule has 0 atom stereocenters. The molecule has 5 nitrogen and oxygen atoms in total. The summed E-state index contributed by atoms with van der Waals surface area (Å²) in [7, 11) is 0. The minimum Gasteiger partial charge on any atom is -0.393 e. The number of nitrogens with zero attached hydrogens (tertiary/aromatic N) is 2. The predicted octanol–water partition coefficient (Wildman–Crippen LogP) is 5.24. The van der Waals surface area contributed by atoms with Crippen LogP contribution in [0.5, 0.6) is 0 Å². The lowest BCUT2D eigenvalue weighted by molar-refractivity contribution is 0.618. The monoisotopic (exact) mass is 365 g/mol. The Morgan fingerprint density at radius 3 is 2.46 bits per heavy atom. The number of benzene rings is 1. The highest BCUT2D eigenvalue weighted by atomic mass is 35.5. The van der Waals surface area contributed by atoms with E-state index in [2.05, 4.69) is 20.6 Å². The second-order valence-corrected chi connectivity index (χ2v) is 6.83. The number of nitrogens with two attached hydrogens (primary N) is 1. The van der Waals surface area contributed by atoms with Gasteiger partial charge in [-0.25, -0.2) is 9.97 Å². The molecule has 1 saturated carbocycles. The van der Waals surface area contributed by atoms with Crippen molar-refractivity contribution < 1.29 is 0 Å². The van der Waals surface area contributed by atoms with Crippen LogP contribution in [0.1, 0.15) is 38.5 Å². The lowest BCUT2D eigenvalue weighted by atomic mass is 10.1. The molecular weight excluding hydrogens is 345 g/mol. The Balaban J connectivity index is 1.78. The fourth-order valence-electron chi connectivity index (χ4n) is 2.96. The van der Waals surface area contributed by atoms with Gasteiger partial charge in [-0.2, -0.15) is 0 Å². The Labute approximate surface area is 152 Å². The smallest absolute Gasteiger partial charge is 0.159 e.